The van der Waals surface area contributed by atoms with Gasteiger partial charge in [0.2, 0.25) is 5.89 Å². The molecule has 0 aliphatic rings. The van der Waals surface area contributed by atoms with Crippen molar-refractivity contribution in [1.82, 2.24) is 20.2 Å². The number of oxazole rings is 1. The van der Waals surface area contributed by atoms with Gasteiger partial charge in [-0.15, -0.1) is 0 Å². The number of urea groups is 1. The summed E-state index contributed by atoms with van der Waals surface area (Å²) < 4.78 is 10.8. The van der Waals surface area contributed by atoms with Crippen molar-refractivity contribution < 1.29 is 13.9 Å². The van der Waals surface area contributed by atoms with E-state index in [0.717, 1.165) is 11.3 Å². The Balaban J connectivity index is 1.57. The molecule has 142 valence electrons. The molecule has 0 aliphatic carbocycles. The number of methoxy groups -OCH3 is 1. The van der Waals surface area contributed by atoms with Crippen LogP contribution in [0.1, 0.15) is 24.1 Å². The summed E-state index contributed by atoms with van der Waals surface area (Å²) in [6.07, 6.45) is 2.48. The van der Waals surface area contributed by atoms with Crippen LogP contribution in [0.15, 0.2) is 40.9 Å². The van der Waals surface area contributed by atoms with Crippen LogP contribution in [0, 0.1) is 6.92 Å². The second kappa shape index (κ2) is 8.07. The molecule has 27 heavy (non-hydrogen) atoms. The maximum atomic E-state index is 12.4. The monoisotopic (exact) mass is 368 g/mol. The Bertz CT molecular complexity index is 938. The van der Waals surface area contributed by atoms with Crippen LogP contribution in [-0.4, -0.2) is 41.1 Å². The normalized spacial score (nSPS) is 12.0. The molecule has 0 bridgehead atoms. The molecule has 2 heterocycles. The molecule has 3 rings (SSSR count). The minimum Gasteiger partial charge on any atom is -0.497 e. The second-order valence-electron chi connectivity index (χ2n) is 6.59. The highest BCUT2D eigenvalue weighted by atomic mass is 16.5. The molecule has 1 N–H and O–H groups in total. The third-order valence-electron chi connectivity index (χ3n) is 4.49. The van der Waals surface area contributed by atoms with Crippen molar-refractivity contribution in [2.45, 2.75) is 32.9 Å². The zero-order valence-corrected chi connectivity index (χ0v) is 16.0. The predicted octanol–water partition coefficient (Wildman–Crippen LogP) is 3.31. The van der Waals surface area contributed by atoms with Crippen molar-refractivity contribution in [3.63, 3.8) is 0 Å². The highest BCUT2D eigenvalue weighted by Crippen LogP contribution is 2.21. The average molecular weight is 368 g/mol. The first-order chi connectivity index (χ1) is 13.0. The van der Waals surface area contributed by atoms with Crippen molar-refractivity contribution in [2.75, 3.05) is 14.2 Å². The van der Waals surface area contributed by atoms with E-state index in [1.807, 2.05) is 32.0 Å². The summed E-state index contributed by atoms with van der Waals surface area (Å²) in [6, 6.07) is 9.23. The quantitative estimate of drug-likeness (QED) is 0.722. The van der Waals surface area contributed by atoms with Crippen LogP contribution in [-0.2, 0) is 13.0 Å². The summed E-state index contributed by atoms with van der Waals surface area (Å²) >= 11 is 0. The molecule has 2 amide bonds. The Morgan fingerprint density at radius 2 is 2.15 bits per heavy atom. The molecule has 1 atom stereocenters. The van der Waals surface area contributed by atoms with E-state index in [2.05, 4.69) is 15.3 Å². The third kappa shape index (κ3) is 4.55. The smallest absolute Gasteiger partial charge is 0.317 e. The van der Waals surface area contributed by atoms with Gasteiger partial charge in [0, 0.05) is 37.5 Å². The number of carbonyl (C=O) groups excluding carboxylic acids is 1. The largest absolute Gasteiger partial charge is 0.497 e. The van der Waals surface area contributed by atoms with Gasteiger partial charge < -0.3 is 19.4 Å². The molecule has 0 spiro atoms. The van der Waals surface area contributed by atoms with Crippen LogP contribution in [0.25, 0.3) is 11.1 Å². The summed E-state index contributed by atoms with van der Waals surface area (Å²) in [7, 11) is 3.37. The fourth-order valence-electron chi connectivity index (χ4n) is 2.78. The number of pyridine rings is 1. The van der Waals surface area contributed by atoms with E-state index >= 15 is 0 Å². The number of hydrogen-bond donors (Lipinski definition) is 1. The lowest BCUT2D eigenvalue weighted by Crippen LogP contribution is -2.43. The molecule has 3 aromatic rings. The van der Waals surface area contributed by atoms with E-state index in [9.17, 15) is 4.79 Å². The van der Waals surface area contributed by atoms with Gasteiger partial charge >= 0.3 is 6.03 Å². The standard InChI is InChI=1S/C20H24N4O3/c1-13-7-8-21-15(9-13)10-14(2)24(3)20(25)22-12-19-23-17-11-16(26-4)5-6-18(17)27-19/h5-9,11,14H,10,12H2,1-4H3,(H,22,25)/t14-/m0/s1. The van der Waals surface area contributed by atoms with Crippen LogP contribution in [0.2, 0.25) is 0 Å². The highest BCUT2D eigenvalue weighted by molar-refractivity contribution is 5.75. The number of amides is 2. The SMILES string of the molecule is COc1ccc2oc(CNC(=O)N(C)[C@@H](C)Cc3cc(C)ccn3)nc2c1. The van der Waals surface area contributed by atoms with Gasteiger partial charge in [-0.25, -0.2) is 9.78 Å². The van der Waals surface area contributed by atoms with Crippen LogP contribution in [0.4, 0.5) is 4.79 Å². The number of nitrogens with zero attached hydrogens (tertiary/aromatic N) is 3. The number of nitrogens with one attached hydrogen (secondary N) is 1. The fourth-order valence-corrected chi connectivity index (χ4v) is 2.78. The first-order valence-electron chi connectivity index (χ1n) is 8.82. The molecule has 0 unspecified atom stereocenters. The second-order valence-corrected chi connectivity index (χ2v) is 6.59. The molecule has 0 saturated heterocycles. The molecule has 0 fully saturated rings. The summed E-state index contributed by atoms with van der Waals surface area (Å²) in [5.74, 6) is 1.16. The van der Waals surface area contributed by atoms with Crippen LogP contribution < -0.4 is 10.1 Å². The lowest BCUT2D eigenvalue weighted by atomic mass is 10.1. The van der Waals surface area contributed by atoms with E-state index in [0.29, 0.717) is 29.2 Å². The topological polar surface area (TPSA) is 80.5 Å². The molecule has 2 aromatic heterocycles. The molecule has 7 heteroatoms. The predicted molar refractivity (Wildman–Crippen MR) is 103 cm³/mol. The number of ether oxygens (including phenoxy) is 1. The molecule has 1 aromatic carbocycles. The maximum Gasteiger partial charge on any atom is 0.317 e. The third-order valence-corrected chi connectivity index (χ3v) is 4.49. The summed E-state index contributed by atoms with van der Waals surface area (Å²) in [6.45, 7) is 4.24. The molecule has 7 nitrogen and oxygen atoms in total. The van der Waals surface area contributed by atoms with Crippen LogP contribution in [0.5, 0.6) is 5.75 Å². The number of aryl methyl sites for hydroxylation is 1. The van der Waals surface area contributed by atoms with E-state index in [-0.39, 0.29) is 18.6 Å². The minimum absolute atomic E-state index is 0.00666. The van der Waals surface area contributed by atoms with Crippen molar-refractivity contribution in [1.29, 1.82) is 0 Å². The number of rotatable bonds is 6. The van der Waals surface area contributed by atoms with Gasteiger partial charge in [-0.3, -0.25) is 4.98 Å². The summed E-state index contributed by atoms with van der Waals surface area (Å²) in [5.41, 5.74) is 3.49. The van der Waals surface area contributed by atoms with Crippen molar-refractivity contribution in [3.8, 4) is 5.75 Å². The average Bonchev–Trinajstić information content (AvgIpc) is 3.07. The number of fused-ring (bicyclic) bond motifs is 1. The minimum atomic E-state index is -0.185. The zero-order chi connectivity index (χ0) is 19.4. The van der Waals surface area contributed by atoms with Gasteiger partial charge in [-0.05, 0) is 43.7 Å². The van der Waals surface area contributed by atoms with Gasteiger partial charge in [0.15, 0.2) is 5.58 Å². The number of likely N-dealkylation sites (N-methyl/N-ethyl adjacent to an activating group) is 1. The van der Waals surface area contributed by atoms with Gasteiger partial charge in [-0.1, -0.05) is 0 Å². The number of aromatic nitrogens is 2. The first kappa shape index (κ1) is 18.7. The van der Waals surface area contributed by atoms with Gasteiger partial charge in [0.1, 0.15) is 11.3 Å². The molecule has 0 saturated carbocycles. The Morgan fingerprint density at radius 1 is 1.33 bits per heavy atom. The van der Waals surface area contributed by atoms with Crippen LogP contribution in [0.3, 0.4) is 0 Å². The van der Waals surface area contributed by atoms with E-state index in [1.54, 1.807) is 37.4 Å². The Hall–Kier alpha value is -3.09. The van der Waals surface area contributed by atoms with E-state index in [4.69, 9.17) is 9.15 Å². The van der Waals surface area contributed by atoms with Gasteiger partial charge in [0.05, 0.1) is 13.7 Å². The van der Waals surface area contributed by atoms with Crippen molar-refractivity contribution in [2.24, 2.45) is 0 Å². The van der Waals surface area contributed by atoms with E-state index in [1.165, 1.54) is 0 Å². The number of carbonyl (C=O) groups is 1. The molecule has 0 aliphatic heterocycles. The molecular formula is C20H24N4O3. The number of hydrogen-bond acceptors (Lipinski definition) is 5. The lowest BCUT2D eigenvalue weighted by Gasteiger charge is -2.24. The molecule has 0 radical (unpaired) electrons. The molecular weight excluding hydrogens is 344 g/mol. The van der Waals surface area contributed by atoms with Crippen molar-refractivity contribution >= 4 is 17.1 Å². The zero-order valence-electron chi connectivity index (χ0n) is 16.0. The van der Waals surface area contributed by atoms with Crippen molar-refractivity contribution in [3.05, 3.63) is 53.7 Å². The highest BCUT2D eigenvalue weighted by Gasteiger charge is 2.17. The lowest BCUT2D eigenvalue weighted by molar-refractivity contribution is 0.192. The Kier molecular flexibility index (Phi) is 5.59. The maximum absolute atomic E-state index is 12.4. The Labute approximate surface area is 158 Å². The Morgan fingerprint density at radius 3 is 2.89 bits per heavy atom. The van der Waals surface area contributed by atoms with Crippen LogP contribution >= 0.6 is 0 Å². The van der Waals surface area contributed by atoms with Gasteiger partial charge in [0.25, 0.3) is 0 Å². The van der Waals surface area contributed by atoms with Gasteiger partial charge in [-0.2, -0.15) is 0 Å². The summed E-state index contributed by atoms with van der Waals surface area (Å²) in [4.78, 5) is 22.8. The fraction of sp³-hybridized carbons (Fsp3) is 0.350. The number of benzene rings is 1. The summed E-state index contributed by atoms with van der Waals surface area (Å²) in [5, 5.41) is 2.85. The first-order valence-corrected chi connectivity index (χ1v) is 8.82. The van der Waals surface area contributed by atoms with E-state index < -0.39 is 0 Å².